The first kappa shape index (κ1) is 22.0. The van der Waals surface area contributed by atoms with Crippen LogP contribution in [-0.2, 0) is 0 Å². The van der Waals surface area contributed by atoms with Crippen LogP contribution in [0.25, 0.3) is 0 Å². The van der Waals surface area contributed by atoms with Gasteiger partial charge in [0.2, 0.25) is 12.6 Å². The number of pyridine rings is 1. The first-order valence-electron chi connectivity index (χ1n) is 10.3. The Bertz CT molecular complexity index is 999. The molecule has 1 heterocycles. The molecule has 4 heteroatoms. The second-order valence-corrected chi connectivity index (χ2v) is 7.77. The minimum atomic E-state index is -0.442. The van der Waals surface area contributed by atoms with Gasteiger partial charge in [0.1, 0.15) is 0 Å². The summed E-state index contributed by atoms with van der Waals surface area (Å²) in [6, 6.07) is 30.0. The highest BCUT2D eigenvalue weighted by Crippen LogP contribution is 2.01. The predicted molar refractivity (Wildman–Crippen MR) is 131 cm³/mol. The molecule has 3 aromatic carbocycles. The zero-order chi connectivity index (χ0) is 22.2. The van der Waals surface area contributed by atoms with Gasteiger partial charge in [-0.2, -0.15) is 0 Å². The van der Waals surface area contributed by atoms with Gasteiger partial charge in [-0.25, -0.2) is 0 Å². The van der Waals surface area contributed by atoms with Gasteiger partial charge in [0.25, 0.3) is 0 Å². The van der Waals surface area contributed by atoms with Crippen molar-refractivity contribution in [1.82, 2.24) is 4.98 Å². The fraction of sp³-hybridized carbons (Fsp3) is 0.111. The lowest BCUT2D eigenvalue weighted by Crippen LogP contribution is -2.51. The van der Waals surface area contributed by atoms with Crippen molar-refractivity contribution >= 4 is 29.0 Å². The van der Waals surface area contributed by atoms with Crippen molar-refractivity contribution in [2.45, 2.75) is 20.8 Å². The fourth-order valence-corrected chi connectivity index (χ4v) is 3.36. The summed E-state index contributed by atoms with van der Waals surface area (Å²) in [6.45, 7) is 6.70. The van der Waals surface area contributed by atoms with Crippen molar-refractivity contribution in [3.05, 3.63) is 120 Å². The van der Waals surface area contributed by atoms with Crippen molar-refractivity contribution < 1.29 is 4.79 Å². The van der Waals surface area contributed by atoms with Gasteiger partial charge in [-0.3, -0.25) is 9.78 Å². The minimum absolute atomic E-state index is 0.293. The molecule has 0 atom stereocenters. The Kier molecular flexibility index (Phi) is 7.39. The lowest BCUT2D eigenvalue weighted by Gasteiger charge is -2.16. The van der Waals surface area contributed by atoms with Crippen molar-refractivity contribution in [2.24, 2.45) is 5.73 Å². The molecule has 0 fully saturated rings. The van der Waals surface area contributed by atoms with Crippen LogP contribution in [0.2, 0.25) is 0 Å². The number of amides is 1. The third-order valence-electron chi connectivity index (χ3n) is 5.18. The van der Waals surface area contributed by atoms with Gasteiger partial charge in [-0.05, 0) is 32.9 Å². The Balaban J connectivity index is 0.000000254. The molecule has 4 aromatic rings. The number of nitrogens with zero attached hydrogens (tertiary/aromatic N) is 1. The molecule has 0 saturated carbocycles. The van der Waals surface area contributed by atoms with Gasteiger partial charge in [-0.15, -0.1) is 0 Å². The number of nitrogens with two attached hydrogens (primary N) is 1. The minimum Gasteiger partial charge on any atom is -0.366 e. The maximum atomic E-state index is 10.4. The van der Waals surface area contributed by atoms with Crippen molar-refractivity contribution in [3.8, 4) is 0 Å². The van der Waals surface area contributed by atoms with E-state index in [0.29, 0.717) is 12.3 Å². The number of carbonyl (C=O) groups is 1. The van der Waals surface area contributed by atoms with E-state index in [4.69, 9.17) is 5.73 Å². The normalized spacial score (nSPS) is 10.0. The van der Waals surface area contributed by atoms with Crippen LogP contribution in [0.3, 0.4) is 0 Å². The van der Waals surface area contributed by atoms with Gasteiger partial charge in [0.05, 0.1) is 5.56 Å². The average Bonchev–Trinajstić information content (AvgIpc) is 2.79. The number of aromatic nitrogens is 1. The molecule has 0 radical (unpaired) electrons. The zero-order valence-corrected chi connectivity index (χ0v) is 18.2. The number of carbonyl (C=O) groups excluding carboxylic acids is 1. The van der Waals surface area contributed by atoms with Crippen LogP contribution < -0.4 is 22.1 Å². The third-order valence-corrected chi connectivity index (χ3v) is 5.18. The van der Waals surface area contributed by atoms with Crippen LogP contribution in [0.1, 0.15) is 27.0 Å². The van der Waals surface area contributed by atoms with Crippen LogP contribution in [0.5, 0.6) is 0 Å². The Morgan fingerprint density at radius 3 is 1.32 bits per heavy atom. The van der Waals surface area contributed by atoms with E-state index in [1.807, 2.05) is 0 Å². The van der Waals surface area contributed by atoms with Crippen LogP contribution in [-0.4, -0.2) is 17.6 Å². The summed E-state index contributed by atoms with van der Waals surface area (Å²) in [5.74, 6) is -0.442. The highest BCUT2D eigenvalue weighted by molar-refractivity contribution is 6.95. The van der Waals surface area contributed by atoms with Crippen LogP contribution in [0, 0.1) is 20.8 Å². The first-order chi connectivity index (χ1) is 14.9. The lowest BCUT2D eigenvalue weighted by molar-refractivity contribution is 0.1000. The van der Waals surface area contributed by atoms with Crippen LogP contribution in [0.4, 0.5) is 0 Å². The Labute approximate surface area is 185 Å². The quantitative estimate of drug-likeness (QED) is 0.529. The predicted octanol–water partition coefficient (Wildman–Crippen LogP) is 3.31. The summed E-state index contributed by atoms with van der Waals surface area (Å²) in [7, 11) is 0. The van der Waals surface area contributed by atoms with E-state index >= 15 is 0 Å². The molecule has 31 heavy (non-hydrogen) atoms. The number of aryl methyl sites for hydroxylation is 3. The van der Waals surface area contributed by atoms with Crippen molar-refractivity contribution in [3.63, 3.8) is 0 Å². The molecule has 0 unspecified atom stereocenters. The molecule has 0 aliphatic heterocycles. The maximum absolute atomic E-state index is 10.4. The fourth-order valence-electron chi connectivity index (χ4n) is 3.36. The molecule has 1 amide bonds. The molecule has 3 nitrogen and oxygen atoms in total. The molecular weight excluding hydrogens is 379 g/mol. The van der Waals surface area contributed by atoms with Crippen LogP contribution in [0.15, 0.2) is 97.3 Å². The van der Waals surface area contributed by atoms with E-state index in [2.05, 4.69) is 98.6 Å². The van der Waals surface area contributed by atoms with Gasteiger partial charge in [0, 0.05) is 12.4 Å². The zero-order valence-electron chi connectivity index (χ0n) is 18.2. The Morgan fingerprint density at radius 2 is 1.06 bits per heavy atom. The molecule has 0 aliphatic carbocycles. The number of primary amides is 1. The molecule has 4 rings (SSSR count). The summed E-state index contributed by atoms with van der Waals surface area (Å²) in [4.78, 5) is 14.1. The molecule has 0 saturated heterocycles. The maximum Gasteiger partial charge on any atom is 0.250 e. The standard InChI is InChI=1S/C21H21B.C6H6N2O/c1-16-4-10-19(11-5-16)22(20-12-6-17(2)7-13-20)21-14-8-18(3)9-15-21;7-6(9)5-2-1-3-8-4-5/h4-15H,1-3H3;1-4H,(H2,7,9). The van der Waals surface area contributed by atoms with Gasteiger partial charge < -0.3 is 5.73 Å². The van der Waals surface area contributed by atoms with Crippen LogP contribution >= 0.6 is 0 Å². The first-order valence-corrected chi connectivity index (χ1v) is 10.3. The summed E-state index contributed by atoms with van der Waals surface area (Å²) in [5.41, 5.74) is 13.3. The smallest absolute Gasteiger partial charge is 0.250 e. The monoisotopic (exact) mass is 406 g/mol. The summed E-state index contributed by atoms with van der Waals surface area (Å²) in [5, 5.41) is 0. The number of hydrogen-bond donors (Lipinski definition) is 1. The highest BCUT2D eigenvalue weighted by Gasteiger charge is 2.21. The molecule has 0 spiro atoms. The summed E-state index contributed by atoms with van der Waals surface area (Å²) >= 11 is 0. The van der Waals surface area contributed by atoms with E-state index < -0.39 is 5.91 Å². The SMILES string of the molecule is Cc1ccc(B(c2ccc(C)cc2)c2ccc(C)cc2)cc1.NC(=O)c1cccnc1. The highest BCUT2D eigenvalue weighted by atomic mass is 16.1. The molecular formula is C27H27BN2O. The van der Waals surface area contributed by atoms with E-state index in [0.717, 1.165) is 0 Å². The second-order valence-electron chi connectivity index (χ2n) is 7.77. The van der Waals surface area contributed by atoms with E-state index in [1.54, 1.807) is 18.3 Å². The molecule has 154 valence electrons. The molecule has 0 aliphatic rings. The van der Waals surface area contributed by atoms with Gasteiger partial charge in [-0.1, -0.05) is 106 Å². The second kappa shape index (κ2) is 10.4. The molecule has 2 N–H and O–H groups in total. The van der Waals surface area contributed by atoms with Gasteiger partial charge >= 0.3 is 0 Å². The Morgan fingerprint density at radius 1 is 0.677 bits per heavy atom. The largest absolute Gasteiger partial charge is 0.366 e. The number of hydrogen-bond acceptors (Lipinski definition) is 2. The Hall–Kier alpha value is -3.66. The summed E-state index contributed by atoms with van der Waals surface area (Å²) < 4.78 is 0. The van der Waals surface area contributed by atoms with E-state index in [1.165, 1.54) is 39.3 Å². The van der Waals surface area contributed by atoms with E-state index in [-0.39, 0.29) is 0 Å². The summed E-state index contributed by atoms with van der Waals surface area (Å²) in [6.07, 6.45) is 3.02. The third kappa shape index (κ3) is 6.16. The number of rotatable bonds is 4. The van der Waals surface area contributed by atoms with Crippen molar-refractivity contribution in [1.29, 1.82) is 0 Å². The van der Waals surface area contributed by atoms with Crippen molar-refractivity contribution in [2.75, 3.05) is 0 Å². The van der Waals surface area contributed by atoms with E-state index in [9.17, 15) is 4.79 Å². The average molecular weight is 406 g/mol. The number of benzene rings is 3. The molecule has 1 aromatic heterocycles. The van der Waals surface area contributed by atoms with Gasteiger partial charge in [0.15, 0.2) is 0 Å². The lowest BCUT2D eigenvalue weighted by atomic mass is 9.37. The molecule has 0 bridgehead atoms. The topological polar surface area (TPSA) is 56.0 Å².